The lowest BCUT2D eigenvalue weighted by molar-refractivity contribution is -0.147. The van der Waals surface area contributed by atoms with E-state index in [1.807, 2.05) is 0 Å². The van der Waals surface area contributed by atoms with E-state index in [-0.39, 0.29) is 30.1 Å². The predicted octanol–water partition coefficient (Wildman–Crippen LogP) is -0.336. The molecule has 3 amide bonds. The third kappa shape index (κ3) is 2.54. The first-order valence-electron chi connectivity index (χ1n) is 5.75. The summed E-state index contributed by atoms with van der Waals surface area (Å²) in [7, 11) is 1.38. The van der Waals surface area contributed by atoms with Crippen molar-refractivity contribution in [2.75, 3.05) is 7.05 Å². The number of likely N-dealkylation sites (N-methyl/N-ethyl adjacent to an activating group) is 1. The number of rotatable bonds is 2. The van der Waals surface area contributed by atoms with Crippen LogP contribution in [0.4, 0.5) is 0 Å². The number of amides is 3. The number of likely N-dealkylation sites (tertiary alicyclic amines) is 1. The third-order valence-electron chi connectivity index (χ3n) is 3.00. The summed E-state index contributed by atoms with van der Waals surface area (Å²) < 4.78 is 0. The Balaban J connectivity index is 2.10. The van der Waals surface area contributed by atoms with Gasteiger partial charge >= 0.3 is 0 Å². The molecule has 0 aromatic carbocycles. The highest BCUT2D eigenvalue weighted by atomic mass is 16.3. The summed E-state index contributed by atoms with van der Waals surface area (Å²) >= 11 is 0. The molecule has 0 saturated carbocycles. The van der Waals surface area contributed by atoms with Crippen molar-refractivity contribution in [3.63, 3.8) is 0 Å². The van der Waals surface area contributed by atoms with Gasteiger partial charge in [-0.3, -0.25) is 24.3 Å². The Morgan fingerprint density at radius 2 is 2.26 bits per heavy atom. The van der Waals surface area contributed by atoms with Crippen molar-refractivity contribution in [1.29, 1.82) is 0 Å². The second-order valence-corrected chi connectivity index (χ2v) is 4.25. The molecule has 1 saturated heterocycles. The van der Waals surface area contributed by atoms with E-state index < -0.39 is 17.9 Å². The smallest absolute Gasteiger partial charge is 0.255 e. The average Bonchev–Trinajstić information content (AvgIpc) is 2.40. The van der Waals surface area contributed by atoms with Crippen LogP contribution < -0.4 is 5.32 Å². The molecular weight excluding hydrogens is 250 g/mol. The Kier molecular flexibility index (Phi) is 3.46. The predicted molar refractivity (Wildman–Crippen MR) is 64.2 cm³/mol. The Morgan fingerprint density at radius 3 is 2.95 bits per heavy atom. The number of hydrogen-bond acceptors (Lipinski definition) is 5. The molecule has 1 fully saturated rings. The van der Waals surface area contributed by atoms with E-state index in [9.17, 15) is 19.5 Å². The van der Waals surface area contributed by atoms with Crippen molar-refractivity contribution < 1.29 is 19.5 Å². The molecular formula is C12H13N3O4. The van der Waals surface area contributed by atoms with Gasteiger partial charge < -0.3 is 10.4 Å². The largest absolute Gasteiger partial charge is 0.505 e. The van der Waals surface area contributed by atoms with Crippen molar-refractivity contribution in [2.24, 2.45) is 0 Å². The summed E-state index contributed by atoms with van der Waals surface area (Å²) in [5, 5.41) is 12.0. The first-order valence-corrected chi connectivity index (χ1v) is 5.75. The Morgan fingerprint density at radius 1 is 1.53 bits per heavy atom. The molecule has 1 aromatic rings. The van der Waals surface area contributed by atoms with Crippen molar-refractivity contribution in [3.8, 4) is 5.75 Å². The third-order valence-corrected chi connectivity index (χ3v) is 3.00. The molecule has 2 rings (SSSR count). The number of carbonyl (C=O) groups excluding carboxylic acids is 3. The monoisotopic (exact) mass is 263 g/mol. The van der Waals surface area contributed by atoms with Crippen LogP contribution in [0.15, 0.2) is 18.5 Å². The number of hydrogen-bond donors (Lipinski definition) is 2. The van der Waals surface area contributed by atoms with Gasteiger partial charge in [-0.15, -0.1) is 0 Å². The van der Waals surface area contributed by atoms with Gasteiger partial charge in [-0.1, -0.05) is 0 Å². The SMILES string of the molecule is CN1C(=O)CCC(NC(=O)c2ccncc2O)C1=O. The quantitative estimate of drug-likeness (QED) is 0.711. The number of piperidine rings is 1. The molecule has 2 heterocycles. The standard InChI is InChI=1S/C12H13N3O4/c1-15-10(17)3-2-8(12(15)19)14-11(18)7-4-5-13-6-9(7)16/h4-6,8,16H,2-3H2,1H3,(H,14,18). The Bertz CT molecular complexity index is 544. The van der Waals surface area contributed by atoms with E-state index in [0.717, 1.165) is 11.1 Å². The number of carbonyl (C=O) groups is 3. The van der Waals surface area contributed by atoms with Crippen molar-refractivity contribution in [3.05, 3.63) is 24.0 Å². The zero-order valence-electron chi connectivity index (χ0n) is 10.3. The fraction of sp³-hybridized carbons (Fsp3) is 0.333. The molecule has 1 aliphatic rings. The molecule has 0 spiro atoms. The van der Waals surface area contributed by atoms with Crippen molar-refractivity contribution in [2.45, 2.75) is 18.9 Å². The maximum Gasteiger partial charge on any atom is 0.255 e. The molecule has 0 aliphatic carbocycles. The minimum atomic E-state index is -0.747. The number of imide groups is 1. The first kappa shape index (κ1) is 13.0. The summed E-state index contributed by atoms with van der Waals surface area (Å²) in [5.74, 6) is -1.53. The summed E-state index contributed by atoms with van der Waals surface area (Å²) in [5.41, 5.74) is 0.0438. The number of aromatic hydroxyl groups is 1. The number of aromatic nitrogens is 1. The van der Waals surface area contributed by atoms with Gasteiger partial charge in [0.25, 0.3) is 11.8 Å². The molecule has 1 atom stereocenters. The second kappa shape index (κ2) is 5.05. The van der Waals surface area contributed by atoms with Gasteiger partial charge in [-0.2, -0.15) is 0 Å². The van der Waals surface area contributed by atoms with Gasteiger partial charge in [-0.25, -0.2) is 0 Å². The van der Waals surface area contributed by atoms with Crippen LogP contribution in [0, 0.1) is 0 Å². The van der Waals surface area contributed by atoms with Crippen molar-refractivity contribution >= 4 is 17.7 Å². The van der Waals surface area contributed by atoms with Crippen LogP contribution in [0.1, 0.15) is 23.2 Å². The second-order valence-electron chi connectivity index (χ2n) is 4.25. The molecule has 0 radical (unpaired) electrons. The average molecular weight is 263 g/mol. The highest BCUT2D eigenvalue weighted by Crippen LogP contribution is 2.16. The number of nitrogens with zero attached hydrogens (tertiary/aromatic N) is 2. The van der Waals surface area contributed by atoms with E-state index in [4.69, 9.17) is 0 Å². The fourth-order valence-electron chi connectivity index (χ4n) is 1.86. The molecule has 0 bridgehead atoms. The molecule has 1 aromatic heterocycles. The van der Waals surface area contributed by atoms with Gasteiger partial charge in [0, 0.05) is 19.7 Å². The van der Waals surface area contributed by atoms with E-state index in [2.05, 4.69) is 10.3 Å². The van der Waals surface area contributed by atoms with Crippen LogP contribution >= 0.6 is 0 Å². The van der Waals surface area contributed by atoms with Gasteiger partial charge in [0.15, 0.2) is 0 Å². The number of nitrogens with one attached hydrogen (secondary N) is 1. The van der Waals surface area contributed by atoms with Crippen LogP contribution in [-0.2, 0) is 9.59 Å². The van der Waals surface area contributed by atoms with E-state index in [0.29, 0.717) is 0 Å². The van der Waals surface area contributed by atoms with E-state index >= 15 is 0 Å². The van der Waals surface area contributed by atoms with E-state index in [1.54, 1.807) is 0 Å². The Labute approximate surface area is 109 Å². The van der Waals surface area contributed by atoms with Gasteiger partial charge in [0.2, 0.25) is 5.91 Å². The van der Waals surface area contributed by atoms with Crippen LogP contribution in [0.3, 0.4) is 0 Å². The van der Waals surface area contributed by atoms with Crippen LogP contribution in [0.2, 0.25) is 0 Å². The summed E-state index contributed by atoms with van der Waals surface area (Å²) in [6.07, 6.45) is 2.98. The molecule has 1 unspecified atom stereocenters. The Hall–Kier alpha value is -2.44. The normalized spacial score (nSPS) is 19.4. The maximum absolute atomic E-state index is 11.9. The minimum Gasteiger partial charge on any atom is -0.505 e. The molecule has 2 N–H and O–H groups in total. The van der Waals surface area contributed by atoms with Gasteiger partial charge in [0.1, 0.15) is 11.8 Å². The lowest BCUT2D eigenvalue weighted by atomic mass is 10.0. The van der Waals surface area contributed by atoms with Crippen LogP contribution in [0.25, 0.3) is 0 Å². The maximum atomic E-state index is 11.9. The highest BCUT2D eigenvalue weighted by molar-refractivity contribution is 6.04. The van der Waals surface area contributed by atoms with Gasteiger partial charge in [-0.05, 0) is 12.5 Å². The molecule has 1 aliphatic heterocycles. The molecule has 7 heteroatoms. The zero-order valence-corrected chi connectivity index (χ0v) is 10.3. The summed E-state index contributed by atoms with van der Waals surface area (Å²) in [6, 6.07) is 0.607. The molecule has 19 heavy (non-hydrogen) atoms. The zero-order chi connectivity index (χ0) is 14.0. The van der Waals surface area contributed by atoms with Crippen molar-refractivity contribution in [1.82, 2.24) is 15.2 Å². The van der Waals surface area contributed by atoms with Crippen LogP contribution in [-0.4, -0.2) is 45.8 Å². The fourth-order valence-corrected chi connectivity index (χ4v) is 1.86. The highest BCUT2D eigenvalue weighted by Gasteiger charge is 2.33. The summed E-state index contributed by atoms with van der Waals surface area (Å²) in [6.45, 7) is 0. The summed E-state index contributed by atoms with van der Waals surface area (Å²) in [4.78, 5) is 39.7. The molecule has 7 nitrogen and oxygen atoms in total. The molecule has 100 valence electrons. The van der Waals surface area contributed by atoms with E-state index in [1.165, 1.54) is 19.3 Å². The van der Waals surface area contributed by atoms with Gasteiger partial charge in [0.05, 0.1) is 11.8 Å². The van der Waals surface area contributed by atoms with Crippen LogP contribution in [0.5, 0.6) is 5.75 Å². The topological polar surface area (TPSA) is 99.6 Å². The lowest BCUT2D eigenvalue weighted by Gasteiger charge is -2.28. The minimum absolute atomic E-state index is 0.0438. The lowest BCUT2D eigenvalue weighted by Crippen LogP contribution is -2.52. The number of pyridine rings is 1. The first-order chi connectivity index (χ1) is 9.00.